The number of esters is 1. The van der Waals surface area contributed by atoms with E-state index in [1.807, 2.05) is 0 Å². The van der Waals surface area contributed by atoms with Gasteiger partial charge in [0.2, 0.25) is 0 Å². The number of benzene rings is 1. The summed E-state index contributed by atoms with van der Waals surface area (Å²) in [5.41, 5.74) is -0.148. The average Bonchev–Trinajstić information content (AvgIpc) is 2.94. The smallest absolute Gasteiger partial charge is 0.315 e. The number of amides is 2. The van der Waals surface area contributed by atoms with E-state index in [9.17, 15) is 14.4 Å². The Morgan fingerprint density at radius 3 is 2.25 bits per heavy atom. The third-order valence-electron chi connectivity index (χ3n) is 3.36. The second-order valence-electron chi connectivity index (χ2n) is 6.57. The third-order valence-corrected chi connectivity index (χ3v) is 3.89. The van der Waals surface area contributed by atoms with Crippen molar-refractivity contribution in [1.29, 1.82) is 0 Å². The van der Waals surface area contributed by atoms with Crippen LogP contribution in [-0.2, 0) is 14.3 Å². The van der Waals surface area contributed by atoms with Crippen LogP contribution in [0, 0.1) is 0 Å². The van der Waals surface area contributed by atoms with E-state index in [4.69, 9.17) is 4.74 Å². The van der Waals surface area contributed by atoms with Crippen LogP contribution in [0.5, 0.6) is 0 Å². The molecule has 1 aliphatic heterocycles. The normalized spacial score (nSPS) is 14.7. The molecule has 1 aromatic carbocycles. The zero-order valence-electron chi connectivity index (χ0n) is 14.0. The van der Waals surface area contributed by atoms with Crippen molar-refractivity contribution < 1.29 is 19.1 Å². The molecule has 0 bridgehead atoms. The second kappa shape index (κ2) is 7.34. The number of nitrogens with zero attached hydrogens (tertiary/aromatic N) is 2. The number of hydrazine groups is 1. The fourth-order valence-electron chi connectivity index (χ4n) is 2.42. The Hall–Kier alpha value is -1.89. The van der Waals surface area contributed by atoms with Crippen LogP contribution < -0.4 is 0 Å². The van der Waals surface area contributed by atoms with Crippen LogP contribution in [0.4, 0.5) is 0 Å². The molecule has 0 radical (unpaired) electrons. The summed E-state index contributed by atoms with van der Waals surface area (Å²) in [4.78, 5) is 36.8. The van der Waals surface area contributed by atoms with Crippen molar-refractivity contribution in [1.82, 2.24) is 10.0 Å². The highest BCUT2D eigenvalue weighted by Crippen LogP contribution is 2.19. The number of carbonyl (C=O) groups excluding carboxylic acids is 3. The molecule has 6 nitrogen and oxygen atoms in total. The fourth-order valence-corrected chi connectivity index (χ4v) is 2.68. The lowest BCUT2D eigenvalue weighted by molar-refractivity contribution is -0.160. The van der Waals surface area contributed by atoms with E-state index >= 15 is 0 Å². The number of hydrogen-bond donors (Lipinski definition) is 0. The van der Waals surface area contributed by atoms with Crippen molar-refractivity contribution in [2.75, 3.05) is 13.1 Å². The Labute approximate surface area is 149 Å². The van der Waals surface area contributed by atoms with E-state index in [2.05, 4.69) is 15.9 Å². The van der Waals surface area contributed by atoms with Gasteiger partial charge in [-0.3, -0.25) is 19.4 Å². The van der Waals surface area contributed by atoms with Gasteiger partial charge in [0, 0.05) is 23.1 Å². The molecule has 1 saturated heterocycles. The van der Waals surface area contributed by atoms with Gasteiger partial charge in [-0.2, -0.15) is 0 Å². The van der Waals surface area contributed by atoms with Crippen molar-refractivity contribution >= 4 is 33.7 Å². The highest BCUT2D eigenvalue weighted by atomic mass is 79.9. The minimum atomic E-state index is -0.644. The molecular formula is C17H21BrN2O4. The molecule has 0 unspecified atom stereocenters. The molecule has 2 rings (SSSR count). The lowest BCUT2D eigenvalue weighted by Crippen LogP contribution is -2.45. The maximum Gasteiger partial charge on any atom is 0.315 e. The van der Waals surface area contributed by atoms with Gasteiger partial charge in [0.1, 0.15) is 12.0 Å². The molecular weight excluding hydrogens is 376 g/mol. The number of ether oxygens (including phenoxy) is 1. The van der Waals surface area contributed by atoms with Crippen LogP contribution in [0.3, 0.4) is 0 Å². The summed E-state index contributed by atoms with van der Waals surface area (Å²) in [6.07, 6.45) is 0.309. The minimum absolute atomic E-state index is 0.252. The van der Waals surface area contributed by atoms with Crippen molar-refractivity contribution in [2.24, 2.45) is 0 Å². The van der Waals surface area contributed by atoms with Gasteiger partial charge in [-0.1, -0.05) is 15.9 Å². The quantitative estimate of drug-likeness (QED) is 0.581. The van der Waals surface area contributed by atoms with Gasteiger partial charge in [-0.25, -0.2) is 5.01 Å². The van der Waals surface area contributed by atoms with E-state index in [-0.39, 0.29) is 12.3 Å². The van der Waals surface area contributed by atoms with Crippen molar-refractivity contribution in [2.45, 2.75) is 39.2 Å². The zero-order valence-corrected chi connectivity index (χ0v) is 15.6. The summed E-state index contributed by atoms with van der Waals surface area (Å²) < 4.78 is 6.04. The van der Waals surface area contributed by atoms with Crippen molar-refractivity contribution in [3.63, 3.8) is 0 Å². The average molecular weight is 397 g/mol. The van der Waals surface area contributed by atoms with Gasteiger partial charge >= 0.3 is 5.97 Å². The summed E-state index contributed by atoms with van der Waals surface area (Å²) in [7, 11) is 0. The Kier molecular flexibility index (Phi) is 5.64. The first-order chi connectivity index (χ1) is 11.2. The minimum Gasteiger partial charge on any atom is -0.460 e. The van der Waals surface area contributed by atoms with Gasteiger partial charge in [-0.15, -0.1) is 0 Å². The molecule has 2 amide bonds. The lowest BCUT2D eigenvalue weighted by atomic mass is 10.2. The van der Waals surface area contributed by atoms with E-state index in [0.29, 0.717) is 25.1 Å². The van der Waals surface area contributed by atoms with Crippen LogP contribution in [0.2, 0.25) is 0 Å². The predicted molar refractivity (Wildman–Crippen MR) is 92.0 cm³/mol. The molecule has 130 valence electrons. The summed E-state index contributed by atoms with van der Waals surface area (Å²) in [6, 6.07) is 6.94. The maximum atomic E-state index is 12.6. The van der Waals surface area contributed by atoms with Crippen LogP contribution in [0.15, 0.2) is 28.7 Å². The summed E-state index contributed by atoms with van der Waals surface area (Å²) in [6.45, 7) is 6.11. The molecule has 1 heterocycles. The first-order valence-corrected chi connectivity index (χ1v) is 8.56. The molecule has 1 aliphatic rings. The van der Waals surface area contributed by atoms with Gasteiger partial charge in [0.25, 0.3) is 11.8 Å². The molecule has 0 aromatic heterocycles. The van der Waals surface area contributed by atoms with E-state index in [0.717, 1.165) is 4.47 Å². The lowest BCUT2D eigenvalue weighted by Gasteiger charge is -2.28. The maximum absolute atomic E-state index is 12.6. The highest BCUT2D eigenvalue weighted by molar-refractivity contribution is 9.10. The monoisotopic (exact) mass is 396 g/mol. The van der Waals surface area contributed by atoms with E-state index in [1.54, 1.807) is 45.0 Å². The Balaban J connectivity index is 2.04. The zero-order chi connectivity index (χ0) is 17.9. The molecule has 24 heavy (non-hydrogen) atoms. The van der Waals surface area contributed by atoms with E-state index in [1.165, 1.54) is 10.0 Å². The summed E-state index contributed by atoms with van der Waals surface area (Å²) in [5.74, 6) is -1.26. The van der Waals surface area contributed by atoms with Crippen LogP contribution in [0.1, 0.15) is 44.0 Å². The van der Waals surface area contributed by atoms with Gasteiger partial charge in [0.05, 0.1) is 0 Å². The SMILES string of the molecule is CC(C)(C)OC(=O)CC(=O)N1CCCN1C(=O)c1ccc(Br)cc1. The summed E-state index contributed by atoms with van der Waals surface area (Å²) >= 11 is 3.32. The van der Waals surface area contributed by atoms with Crippen molar-refractivity contribution in [3.8, 4) is 0 Å². The first kappa shape index (κ1) is 18.4. The van der Waals surface area contributed by atoms with Crippen LogP contribution in [-0.4, -0.2) is 46.5 Å². The Morgan fingerprint density at radius 2 is 1.67 bits per heavy atom. The van der Waals surface area contributed by atoms with Crippen molar-refractivity contribution in [3.05, 3.63) is 34.3 Å². The van der Waals surface area contributed by atoms with Crippen LogP contribution >= 0.6 is 15.9 Å². The molecule has 0 atom stereocenters. The largest absolute Gasteiger partial charge is 0.460 e. The number of rotatable bonds is 3. The molecule has 7 heteroatoms. The second-order valence-corrected chi connectivity index (χ2v) is 7.48. The van der Waals surface area contributed by atoms with E-state index < -0.39 is 17.5 Å². The topological polar surface area (TPSA) is 66.9 Å². The number of carbonyl (C=O) groups is 3. The van der Waals surface area contributed by atoms with Gasteiger partial charge in [-0.05, 0) is 51.5 Å². The molecule has 0 aliphatic carbocycles. The van der Waals surface area contributed by atoms with Crippen LogP contribution in [0.25, 0.3) is 0 Å². The predicted octanol–water partition coefficient (Wildman–Crippen LogP) is 2.77. The molecule has 0 spiro atoms. The summed E-state index contributed by atoms with van der Waals surface area (Å²) in [5, 5.41) is 2.74. The number of hydrogen-bond acceptors (Lipinski definition) is 4. The van der Waals surface area contributed by atoms with Gasteiger partial charge in [0.15, 0.2) is 0 Å². The van der Waals surface area contributed by atoms with Gasteiger partial charge < -0.3 is 4.74 Å². The molecule has 0 N–H and O–H groups in total. The highest BCUT2D eigenvalue weighted by Gasteiger charge is 2.33. The fraction of sp³-hybridized carbons (Fsp3) is 0.471. The molecule has 1 fully saturated rings. The third kappa shape index (κ3) is 4.80. The molecule has 0 saturated carbocycles. The molecule has 1 aromatic rings. The number of halogens is 1. The first-order valence-electron chi connectivity index (χ1n) is 7.77. The Morgan fingerprint density at radius 1 is 1.08 bits per heavy atom. The Bertz CT molecular complexity index is 637. The standard InChI is InChI=1S/C17H21BrN2O4/c1-17(2,3)24-15(22)11-14(21)19-9-4-10-20(19)16(23)12-5-7-13(18)8-6-12/h5-8H,4,9-11H2,1-3H3.